The van der Waals surface area contributed by atoms with Crippen molar-refractivity contribution in [3.63, 3.8) is 0 Å². The Hall–Kier alpha value is -3.45. The molecule has 2 aromatic carbocycles. The summed E-state index contributed by atoms with van der Waals surface area (Å²) in [7, 11) is 3.46. The lowest BCUT2D eigenvalue weighted by Crippen LogP contribution is -2.22. The van der Waals surface area contributed by atoms with Crippen LogP contribution in [0.15, 0.2) is 54.0 Å². The second-order valence-corrected chi connectivity index (χ2v) is 8.27. The molecule has 0 atom stereocenters. The van der Waals surface area contributed by atoms with Gasteiger partial charge in [-0.25, -0.2) is 4.98 Å². The number of aromatic nitrogens is 2. The van der Waals surface area contributed by atoms with Crippen LogP contribution in [0.2, 0.25) is 0 Å². The molecule has 2 amide bonds. The van der Waals surface area contributed by atoms with Crippen LogP contribution in [0, 0.1) is 13.8 Å². The van der Waals surface area contributed by atoms with Crippen molar-refractivity contribution in [3.8, 4) is 11.3 Å². The molecule has 0 aliphatic rings. The van der Waals surface area contributed by atoms with Crippen LogP contribution in [0.3, 0.4) is 0 Å². The van der Waals surface area contributed by atoms with E-state index in [4.69, 9.17) is 0 Å². The number of imidazole rings is 1. The SMILES string of the molecule is Cc1ccc(C(=O)Nc2cccc(-c3cn4c(C(=O)N(C)C)csc4n3)c2)cc1C. The summed E-state index contributed by atoms with van der Waals surface area (Å²) in [6, 6.07) is 13.2. The molecule has 0 spiro atoms. The molecular weight excluding hydrogens is 396 g/mol. The maximum absolute atomic E-state index is 12.6. The van der Waals surface area contributed by atoms with Gasteiger partial charge in [0.25, 0.3) is 11.8 Å². The first kappa shape index (κ1) is 19.8. The summed E-state index contributed by atoms with van der Waals surface area (Å²) in [6.07, 6.45) is 1.85. The number of carbonyl (C=O) groups is 2. The standard InChI is InChI=1S/C23H22N4O2S/c1-14-8-9-17(10-15(14)2)21(28)24-18-7-5-6-16(11-18)19-12-27-20(22(29)26(3)4)13-30-23(27)25-19/h5-13H,1-4H3,(H,24,28). The number of carbonyl (C=O) groups excluding carboxylic acids is 2. The molecule has 0 bridgehead atoms. The molecule has 6 nitrogen and oxygen atoms in total. The van der Waals surface area contributed by atoms with Crippen molar-refractivity contribution >= 4 is 33.8 Å². The fraction of sp³-hybridized carbons (Fsp3) is 0.174. The van der Waals surface area contributed by atoms with E-state index in [1.54, 1.807) is 19.0 Å². The van der Waals surface area contributed by atoms with E-state index in [9.17, 15) is 9.59 Å². The number of fused-ring (bicyclic) bond motifs is 1. The van der Waals surface area contributed by atoms with Gasteiger partial charge < -0.3 is 10.2 Å². The molecule has 4 rings (SSSR count). The third-order valence-electron chi connectivity index (χ3n) is 5.02. The number of rotatable bonds is 4. The molecule has 0 saturated carbocycles. The average Bonchev–Trinajstić information content (AvgIpc) is 3.30. The fourth-order valence-electron chi connectivity index (χ4n) is 3.15. The lowest BCUT2D eigenvalue weighted by Gasteiger charge is -2.09. The molecule has 0 unspecified atom stereocenters. The predicted molar refractivity (Wildman–Crippen MR) is 120 cm³/mol. The lowest BCUT2D eigenvalue weighted by molar-refractivity contribution is 0.0821. The zero-order chi connectivity index (χ0) is 21.4. The Morgan fingerprint density at radius 2 is 1.87 bits per heavy atom. The van der Waals surface area contributed by atoms with Gasteiger partial charge in [-0.05, 0) is 49.2 Å². The number of thiazole rings is 1. The number of aryl methyl sites for hydroxylation is 2. The van der Waals surface area contributed by atoms with Gasteiger partial charge in [0, 0.05) is 42.5 Å². The number of hydrogen-bond donors (Lipinski definition) is 1. The van der Waals surface area contributed by atoms with E-state index < -0.39 is 0 Å². The van der Waals surface area contributed by atoms with Crippen molar-refractivity contribution in [3.05, 3.63) is 76.4 Å². The average molecular weight is 419 g/mol. The highest BCUT2D eigenvalue weighted by atomic mass is 32.1. The highest BCUT2D eigenvalue weighted by Crippen LogP contribution is 2.26. The van der Waals surface area contributed by atoms with Crippen LogP contribution in [0.25, 0.3) is 16.2 Å². The summed E-state index contributed by atoms with van der Waals surface area (Å²) in [5.41, 5.74) is 5.74. The van der Waals surface area contributed by atoms with Crippen LogP contribution in [0.5, 0.6) is 0 Å². The summed E-state index contributed by atoms with van der Waals surface area (Å²) >= 11 is 1.42. The number of hydrogen-bond acceptors (Lipinski definition) is 4. The summed E-state index contributed by atoms with van der Waals surface area (Å²) in [5.74, 6) is -0.223. The molecular formula is C23H22N4O2S. The summed E-state index contributed by atoms with van der Waals surface area (Å²) in [4.78, 5) is 31.9. The predicted octanol–water partition coefficient (Wildman–Crippen LogP) is 4.63. The topological polar surface area (TPSA) is 66.7 Å². The third kappa shape index (κ3) is 3.71. The smallest absolute Gasteiger partial charge is 0.271 e. The van der Waals surface area contributed by atoms with E-state index in [2.05, 4.69) is 10.3 Å². The summed E-state index contributed by atoms with van der Waals surface area (Å²) in [6.45, 7) is 4.01. The first-order valence-electron chi connectivity index (χ1n) is 9.51. The van der Waals surface area contributed by atoms with Gasteiger partial charge in [0.2, 0.25) is 0 Å². The maximum atomic E-state index is 12.6. The molecule has 4 aromatic rings. The zero-order valence-electron chi connectivity index (χ0n) is 17.3. The number of nitrogens with one attached hydrogen (secondary N) is 1. The van der Waals surface area contributed by atoms with Crippen LogP contribution in [-0.2, 0) is 0 Å². The highest BCUT2D eigenvalue weighted by Gasteiger charge is 2.17. The van der Waals surface area contributed by atoms with E-state index >= 15 is 0 Å². The van der Waals surface area contributed by atoms with Gasteiger partial charge in [-0.3, -0.25) is 14.0 Å². The monoisotopic (exact) mass is 418 g/mol. The maximum Gasteiger partial charge on any atom is 0.271 e. The molecule has 0 radical (unpaired) electrons. The van der Waals surface area contributed by atoms with Crippen LogP contribution in [0.4, 0.5) is 5.69 Å². The van der Waals surface area contributed by atoms with E-state index in [0.29, 0.717) is 16.9 Å². The van der Waals surface area contributed by atoms with Gasteiger partial charge in [-0.1, -0.05) is 18.2 Å². The number of anilines is 1. The largest absolute Gasteiger partial charge is 0.343 e. The van der Waals surface area contributed by atoms with Crippen molar-refractivity contribution in [1.29, 1.82) is 0 Å². The van der Waals surface area contributed by atoms with Crippen LogP contribution >= 0.6 is 11.3 Å². The molecule has 0 aliphatic carbocycles. The molecule has 152 valence electrons. The van der Waals surface area contributed by atoms with Gasteiger partial charge in [0.15, 0.2) is 4.96 Å². The van der Waals surface area contributed by atoms with Gasteiger partial charge >= 0.3 is 0 Å². The quantitative estimate of drug-likeness (QED) is 0.525. The fourth-order valence-corrected chi connectivity index (χ4v) is 4.00. The van der Waals surface area contributed by atoms with Gasteiger partial charge in [0.05, 0.1) is 5.69 Å². The Kier molecular flexibility index (Phi) is 5.13. The Morgan fingerprint density at radius 3 is 2.60 bits per heavy atom. The van der Waals surface area contributed by atoms with Crippen molar-refractivity contribution < 1.29 is 9.59 Å². The van der Waals surface area contributed by atoms with Gasteiger partial charge in [-0.2, -0.15) is 0 Å². The minimum absolute atomic E-state index is 0.0698. The first-order valence-corrected chi connectivity index (χ1v) is 10.4. The summed E-state index contributed by atoms with van der Waals surface area (Å²) < 4.78 is 1.81. The molecule has 0 fully saturated rings. The number of benzene rings is 2. The zero-order valence-corrected chi connectivity index (χ0v) is 18.1. The number of nitrogens with zero attached hydrogens (tertiary/aromatic N) is 3. The minimum Gasteiger partial charge on any atom is -0.343 e. The molecule has 0 saturated heterocycles. The van der Waals surface area contributed by atoms with Gasteiger partial charge in [-0.15, -0.1) is 11.3 Å². The normalized spacial score (nSPS) is 10.9. The van der Waals surface area contributed by atoms with Crippen LogP contribution < -0.4 is 5.32 Å². The van der Waals surface area contributed by atoms with Crippen molar-refractivity contribution in [2.45, 2.75) is 13.8 Å². The van der Waals surface area contributed by atoms with Crippen molar-refractivity contribution in [2.75, 3.05) is 19.4 Å². The molecule has 30 heavy (non-hydrogen) atoms. The molecule has 0 aliphatic heterocycles. The van der Waals surface area contributed by atoms with E-state index in [0.717, 1.165) is 27.3 Å². The van der Waals surface area contributed by atoms with E-state index in [-0.39, 0.29) is 11.8 Å². The molecule has 2 aromatic heterocycles. The highest BCUT2D eigenvalue weighted by molar-refractivity contribution is 7.15. The molecule has 7 heteroatoms. The van der Waals surface area contributed by atoms with E-state index in [1.807, 2.05) is 72.3 Å². The Balaban J connectivity index is 1.61. The molecule has 1 N–H and O–H groups in total. The third-order valence-corrected chi connectivity index (χ3v) is 5.86. The summed E-state index contributed by atoms with van der Waals surface area (Å²) in [5, 5.41) is 4.77. The van der Waals surface area contributed by atoms with Crippen LogP contribution in [0.1, 0.15) is 32.0 Å². The Bertz CT molecular complexity index is 1270. The lowest BCUT2D eigenvalue weighted by atomic mass is 10.1. The van der Waals surface area contributed by atoms with Crippen molar-refractivity contribution in [2.24, 2.45) is 0 Å². The Morgan fingerprint density at radius 1 is 1.07 bits per heavy atom. The van der Waals surface area contributed by atoms with Crippen LogP contribution in [-0.4, -0.2) is 40.2 Å². The Labute approximate surface area is 178 Å². The minimum atomic E-state index is -0.153. The van der Waals surface area contributed by atoms with Gasteiger partial charge in [0.1, 0.15) is 5.69 Å². The second-order valence-electron chi connectivity index (χ2n) is 7.43. The first-order chi connectivity index (χ1) is 14.3. The molecule has 2 heterocycles. The second kappa shape index (κ2) is 7.76. The number of amides is 2. The van der Waals surface area contributed by atoms with Crippen molar-refractivity contribution in [1.82, 2.24) is 14.3 Å². The van der Waals surface area contributed by atoms with E-state index in [1.165, 1.54) is 11.3 Å².